The van der Waals surface area contributed by atoms with Gasteiger partial charge in [-0.05, 0) is 34.3 Å². The highest BCUT2D eigenvalue weighted by Gasteiger charge is 2.18. The molecule has 8 heteroatoms. The molecule has 4 nitrogen and oxygen atoms in total. The second-order valence-corrected chi connectivity index (χ2v) is 6.77. The zero-order valence-corrected chi connectivity index (χ0v) is 12.3. The van der Waals surface area contributed by atoms with Gasteiger partial charge in [0.05, 0.1) is 10.2 Å². The molecule has 0 saturated carbocycles. The molecule has 0 aliphatic rings. The number of sulfonamides is 1. The Bertz CT molecular complexity index is 508. The Morgan fingerprint density at radius 3 is 2.76 bits per heavy atom. The molecule has 0 radical (unpaired) electrons. The predicted molar refractivity (Wildman–Crippen MR) is 72.1 cm³/mol. The maximum Gasteiger partial charge on any atom is 0.242 e. The number of nitrogens with two attached hydrogens (primary N) is 1. The van der Waals surface area contributed by atoms with Crippen LogP contribution < -0.4 is 10.5 Å². The lowest BCUT2D eigenvalue weighted by Gasteiger charge is -2.09. The highest BCUT2D eigenvalue weighted by Crippen LogP contribution is 2.25. The van der Waals surface area contributed by atoms with Crippen molar-refractivity contribution < 1.29 is 12.8 Å². The first kappa shape index (κ1) is 14.7. The third-order valence-electron chi connectivity index (χ3n) is 1.94. The van der Waals surface area contributed by atoms with E-state index in [-0.39, 0.29) is 15.1 Å². The molecule has 1 aromatic carbocycles. The van der Waals surface area contributed by atoms with Crippen molar-refractivity contribution in [3.05, 3.63) is 22.4 Å². The molecule has 0 bridgehead atoms. The minimum Gasteiger partial charge on any atom is -0.398 e. The van der Waals surface area contributed by atoms with E-state index in [9.17, 15) is 12.8 Å². The summed E-state index contributed by atoms with van der Waals surface area (Å²) in [5, 5.41) is 0. The lowest BCUT2D eigenvalue weighted by Crippen LogP contribution is -2.26. The van der Waals surface area contributed by atoms with Gasteiger partial charge < -0.3 is 5.73 Å². The number of hydrogen-bond donors (Lipinski definition) is 2. The molecule has 1 rings (SSSR count). The Balaban J connectivity index is 3.03. The number of benzene rings is 1. The van der Waals surface area contributed by atoms with Gasteiger partial charge in [0.2, 0.25) is 10.0 Å². The normalized spacial score (nSPS) is 11.7. The van der Waals surface area contributed by atoms with Crippen molar-refractivity contribution in [1.29, 1.82) is 0 Å². The van der Waals surface area contributed by atoms with Crippen molar-refractivity contribution in [2.24, 2.45) is 0 Å². The van der Waals surface area contributed by atoms with Crippen LogP contribution in [0.25, 0.3) is 0 Å². The fourth-order valence-electron chi connectivity index (χ4n) is 1.13. The molecule has 0 spiro atoms. The van der Waals surface area contributed by atoms with Gasteiger partial charge in [-0.1, -0.05) is 0 Å². The van der Waals surface area contributed by atoms with Crippen LogP contribution >= 0.6 is 27.7 Å². The summed E-state index contributed by atoms with van der Waals surface area (Å²) >= 11 is 4.45. The Morgan fingerprint density at radius 1 is 1.53 bits per heavy atom. The van der Waals surface area contributed by atoms with Gasteiger partial charge in [0.15, 0.2) is 0 Å². The van der Waals surface area contributed by atoms with E-state index < -0.39 is 15.8 Å². The molecule has 0 fully saturated rings. The van der Waals surface area contributed by atoms with Gasteiger partial charge in [-0.25, -0.2) is 17.5 Å². The highest BCUT2D eigenvalue weighted by molar-refractivity contribution is 9.10. The number of rotatable bonds is 5. The maximum atomic E-state index is 13.1. The Morgan fingerprint density at radius 2 is 2.18 bits per heavy atom. The Kier molecular flexibility index (Phi) is 5.23. The van der Waals surface area contributed by atoms with Crippen molar-refractivity contribution in [2.45, 2.75) is 4.90 Å². The summed E-state index contributed by atoms with van der Waals surface area (Å²) in [4.78, 5) is -0.119. The molecule has 0 unspecified atom stereocenters. The third kappa shape index (κ3) is 3.84. The molecule has 17 heavy (non-hydrogen) atoms. The van der Waals surface area contributed by atoms with E-state index in [1.54, 1.807) is 0 Å². The smallest absolute Gasteiger partial charge is 0.242 e. The van der Waals surface area contributed by atoms with Crippen LogP contribution in [0.5, 0.6) is 0 Å². The first-order valence-electron chi connectivity index (χ1n) is 4.61. The Labute approximate surface area is 112 Å². The van der Waals surface area contributed by atoms with Gasteiger partial charge in [0.25, 0.3) is 0 Å². The van der Waals surface area contributed by atoms with Gasteiger partial charge in [-0.3, -0.25) is 0 Å². The topological polar surface area (TPSA) is 72.2 Å². The van der Waals surface area contributed by atoms with E-state index in [1.165, 1.54) is 11.8 Å². The molecule has 1 aromatic rings. The average molecular weight is 343 g/mol. The molecule has 0 saturated heterocycles. The van der Waals surface area contributed by atoms with Crippen molar-refractivity contribution >= 4 is 43.4 Å². The van der Waals surface area contributed by atoms with Crippen LogP contribution in [0.3, 0.4) is 0 Å². The second-order valence-electron chi connectivity index (χ2n) is 3.19. The maximum absolute atomic E-state index is 13.1. The largest absolute Gasteiger partial charge is 0.398 e. The van der Waals surface area contributed by atoms with Gasteiger partial charge in [0, 0.05) is 12.3 Å². The highest BCUT2D eigenvalue weighted by atomic mass is 79.9. The number of nitrogen functional groups attached to an aromatic ring is 1. The van der Waals surface area contributed by atoms with Crippen LogP contribution in [0.4, 0.5) is 10.1 Å². The quantitative estimate of drug-likeness (QED) is 0.632. The van der Waals surface area contributed by atoms with Gasteiger partial charge in [-0.2, -0.15) is 11.8 Å². The van der Waals surface area contributed by atoms with Crippen LogP contribution in [0.2, 0.25) is 0 Å². The first-order valence-corrected chi connectivity index (χ1v) is 8.28. The van der Waals surface area contributed by atoms with Crippen LogP contribution in [0.15, 0.2) is 21.5 Å². The molecule has 0 aromatic heterocycles. The van der Waals surface area contributed by atoms with E-state index >= 15 is 0 Å². The van der Waals surface area contributed by atoms with Gasteiger partial charge >= 0.3 is 0 Å². The minimum absolute atomic E-state index is 0.0666. The summed E-state index contributed by atoms with van der Waals surface area (Å²) in [6, 6.07) is 2.14. The summed E-state index contributed by atoms with van der Waals surface area (Å²) in [7, 11) is -3.69. The number of thioether (sulfide) groups is 1. The molecule has 0 amide bonds. The zero-order valence-electron chi connectivity index (χ0n) is 9.04. The molecule has 3 N–H and O–H groups in total. The van der Waals surface area contributed by atoms with Crippen LogP contribution in [0.1, 0.15) is 0 Å². The zero-order chi connectivity index (χ0) is 13.1. The molecular formula is C9H12BrFN2O2S2. The summed E-state index contributed by atoms with van der Waals surface area (Å²) in [5.41, 5.74) is 5.39. The number of halogens is 2. The fraction of sp³-hybridized carbons (Fsp3) is 0.333. The number of hydrogen-bond acceptors (Lipinski definition) is 4. The van der Waals surface area contributed by atoms with Gasteiger partial charge in [-0.15, -0.1) is 0 Å². The summed E-state index contributed by atoms with van der Waals surface area (Å²) in [6.45, 7) is 0.304. The summed E-state index contributed by atoms with van der Waals surface area (Å²) in [6.07, 6.45) is 1.87. The lowest BCUT2D eigenvalue weighted by molar-refractivity contribution is 0.583. The first-order chi connectivity index (χ1) is 7.88. The van der Waals surface area contributed by atoms with Crippen molar-refractivity contribution in [1.82, 2.24) is 4.72 Å². The predicted octanol–water partition coefficient (Wildman–Crippen LogP) is 1.81. The van der Waals surface area contributed by atoms with E-state index in [0.29, 0.717) is 12.3 Å². The minimum atomic E-state index is -3.69. The van der Waals surface area contributed by atoms with Crippen LogP contribution in [-0.2, 0) is 10.0 Å². The second kappa shape index (κ2) is 6.03. The number of anilines is 1. The molecule has 0 atom stereocenters. The summed E-state index contributed by atoms with van der Waals surface area (Å²) < 4.78 is 39.3. The molecule has 0 aliphatic carbocycles. The molecule has 96 valence electrons. The van der Waals surface area contributed by atoms with E-state index in [1.807, 2.05) is 6.26 Å². The van der Waals surface area contributed by atoms with Crippen molar-refractivity contribution in [2.75, 3.05) is 24.3 Å². The summed E-state index contributed by atoms with van der Waals surface area (Å²) in [5.74, 6) is 0.0622. The molecular weight excluding hydrogens is 331 g/mol. The third-order valence-corrected chi connectivity index (χ3v) is 4.68. The standard InChI is InChI=1S/C9H12BrFN2O2S2/c1-16-3-2-13-17(14,15)9-4-6(10)7(11)5-8(9)12/h4-5,13H,2-3,12H2,1H3. The fourth-order valence-corrected chi connectivity index (χ4v) is 3.23. The SMILES string of the molecule is CSCCNS(=O)(=O)c1cc(Br)c(F)cc1N. The molecule has 0 aliphatic heterocycles. The van der Waals surface area contributed by atoms with Crippen molar-refractivity contribution in [3.63, 3.8) is 0 Å². The van der Waals surface area contributed by atoms with E-state index in [2.05, 4.69) is 20.7 Å². The average Bonchev–Trinajstić information content (AvgIpc) is 2.23. The Hall–Kier alpha value is -0.310. The lowest BCUT2D eigenvalue weighted by atomic mass is 10.3. The van der Waals surface area contributed by atoms with E-state index in [4.69, 9.17) is 5.73 Å². The van der Waals surface area contributed by atoms with Crippen LogP contribution in [-0.4, -0.2) is 27.0 Å². The van der Waals surface area contributed by atoms with Crippen molar-refractivity contribution in [3.8, 4) is 0 Å². The number of nitrogens with one attached hydrogen (secondary N) is 1. The van der Waals surface area contributed by atoms with Crippen LogP contribution in [0, 0.1) is 5.82 Å². The molecule has 0 heterocycles. The van der Waals surface area contributed by atoms with E-state index in [0.717, 1.165) is 12.1 Å². The monoisotopic (exact) mass is 342 g/mol. The van der Waals surface area contributed by atoms with Gasteiger partial charge in [0.1, 0.15) is 10.7 Å².